The highest BCUT2D eigenvalue weighted by Gasteiger charge is 2.12. The molecule has 110 valence electrons. The van der Waals surface area contributed by atoms with E-state index in [2.05, 4.69) is 4.74 Å². The number of ether oxygens (including phenoxy) is 2. The highest BCUT2D eigenvalue weighted by atomic mass is 32.1. The number of carbonyl (C=O) groups excluding carboxylic acids is 1. The minimum atomic E-state index is -0.808. The Morgan fingerprint density at radius 3 is 2.55 bits per heavy atom. The molecule has 22 heavy (non-hydrogen) atoms. The lowest BCUT2D eigenvalue weighted by molar-refractivity contribution is 0.122. The van der Waals surface area contributed by atoms with Crippen LogP contribution in [-0.4, -0.2) is 13.3 Å². The van der Waals surface area contributed by atoms with Crippen molar-refractivity contribution in [3.63, 3.8) is 0 Å². The van der Waals surface area contributed by atoms with Gasteiger partial charge >= 0.3 is 6.16 Å². The first-order valence-electron chi connectivity index (χ1n) is 6.57. The summed E-state index contributed by atoms with van der Waals surface area (Å²) in [6.07, 6.45) is -0.808. The first-order valence-corrected chi connectivity index (χ1v) is 7.39. The maximum Gasteiger partial charge on any atom is 0.513 e. The maximum absolute atomic E-state index is 12.3. The van der Waals surface area contributed by atoms with Gasteiger partial charge in [-0.1, -0.05) is 36.4 Å². The molecule has 0 aliphatic carbocycles. The third kappa shape index (κ3) is 2.71. The van der Waals surface area contributed by atoms with Gasteiger partial charge in [-0.15, -0.1) is 11.3 Å². The summed E-state index contributed by atoms with van der Waals surface area (Å²) in [4.78, 5) is 24.5. The molecule has 2 aromatic carbocycles. The summed E-state index contributed by atoms with van der Waals surface area (Å²) in [6.45, 7) is 0. The highest BCUT2D eigenvalue weighted by molar-refractivity contribution is 7.21. The van der Waals surface area contributed by atoms with Crippen molar-refractivity contribution in [3.05, 3.63) is 64.8 Å². The third-order valence-electron chi connectivity index (χ3n) is 3.14. The van der Waals surface area contributed by atoms with Gasteiger partial charge in [0.05, 0.1) is 11.8 Å². The third-order valence-corrected chi connectivity index (χ3v) is 4.34. The van der Waals surface area contributed by atoms with E-state index in [-0.39, 0.29) is 5.43 Å². The van der Waals surface area contributed by atoms with Gasteiger partial charge in [0.1, 0.15) is 0 Å². The van der Waals surface area contributed by atoms with Crippen molar-refractivity contribution in [3.8, 4) is 16.2 Å². The Morgan fingerprint density at radius 1 is 1.05 bits per heavy atom. The fourth-order valence-electron chi connectivity index (χ4n) is 2.11. The number of rotatable bonds is 2. The molecule has 3 rings (SSSR count). The monoisotopic (exact) mass is 312 g/mol. The van der Waals surface area contributed by atoms with E-state index >= 15 is 0 Å². The van der Waals surface area contributed by atoms with E-state index in [4.69, 9.17) is 4.74 Å². The van der Waals surface area contributed by atoms with Gasteiger partial charge in [0.2, 0.25) is 0 Å². The van der Waals surface area contributed by atoms with Crippen LogP contribution < -0.4 is 10.2 Å². The lowest BCUT2D eigenvalue weighted by Crippen LogP contribution is -2.08. The van der Waals surface area contributed by atoms with E-state index in [0.29, 0.717) is 15.8 Å². The zero-order chi connectivity index (χ0) is 15.5. The molecule has 0 radical (unpaired) electrons. The molecule has 0 bridgehead atoms. The molecule has 5 heteroatoms. The van der Waals surface area contributed by atoms with Crippen LogP contribution in [0, 0.1) is 0 Å². The van der Waals surface area contributed by atoms with Gasteiger partial charge in [-0.05, 0) is 17.7 Å². The zero-order valence-electron chi connectivity index (χ0n) is 11.7. The van der Waals surface area contributed by atoms with E-state index in [1.807, 2.05) is 30.3 Å². The second-order valence-electron chi connectivity index (χ2n) is 4.53. The first kappa shape index (κ1) is 14.3. The zero-order valence-corrected chi connectivity index (χ0v) is 12.6. The van der Waals surface area contributed by atoms with Crippen LogP contribution in [0.4, 0.5) is 4.79 Å². The molecule has 0 saturated heterocycles. The Morgan fingerprint density at radius 2 is 1.82 bits per heavy atom. The van der Waals surface area contributed by atoms with Crippen molar-refractivity contribution in [1.29, 1.82) is 0 Å². The molecule has 0 saturated carbocycles. The fraction of sp³-hybridized carbons (Fsp3) is 0.0588. The topological polar surface area (TPSA) is 52.6 Å². The van der Waals surface area contributed by atoms with E-state index < -0.39 is 6.16 Å². The molecule has 0 aliphatic rings. The first-order chi connectivity index (χ1) is 10.7. The van der Waals surface area contributed by atoms with Crippen LogP contribution in [0.5, 0.6) is 5.75 Å². The van der Waals surface area contributed by atoms with Crippen LogP contribution in [0.3, 0.4) is 0 Å². The summed E-state index contributed by atoms with van der Waals surface area (Å²) in [5.74, 6) is 0.323. The smallest absolute Gasteiger partial charge is 0.437 e. The predicted molar refractivity (Wildman–Crippen MR) is 86.6 cm³/mol. The molecule has 0 aliphatic heterocycles. The van der Waals surface area contributed by atoms with Crippen LogP contribution in [0.1, 0.15) is 0 Å². The van der Waals surface area contributed by atoms with E-state index in [1.54, 1.807) is 24.3 Å². The molecule has 0 unspecified atom stereocenters. The normalized spacial score (nSPS) is 10.4. The average Bonchev–Trinajstić information content (AvgIpc) is 2.56. The van der Waals surface area contributed by atoms with E-state index in [0.717, 1.165) is 10.4 Å². The summed E-state index contributed by atoms with van der Waals surface area (Å²) in [5, 5.41) is 0.520. The minimum absolute atomic E-state index is 0.108. The maximum atomic E-state index is 12.3. The number of carbonyl (C=O) groups is 1. The van der Waals surface area contributed by atoms with Gasteiger partial charge in [0, 0.05) is 16.3 Å². The van der Waals surface area contributed by atoms with Crippen molar-refractivity contribution in [2.24, 2.45) is 0 Å². The summed E-state index contributed by atoms with van der Waals surface area (Å²) in [7, 11) is 1.24. The number of methoxy groups -OCH3 is 1. The quantitative estimate of drug-likeness (QED) is 0.528. The molecular formula is C17H12O4S. The molecule has 0 spiro atoms. The standard InChI is InChI=1S/C17H12O4S/c1-20-17(19)21-14-9-5-8-12-13(18)10-15(22-16(12)14)11-6-3-2-4-7-11/h2-10H,1H3. The Labute approximate surface area is 130 Å². The molecule has 0 N–H and O–H groups in total. The van der Waals surface area contributed by atoms with Gasteiger partial charge in [-0.3, -0.25) is 4.79 Å². The average molecular weight is 312 g/mol. The van der Waals surface area contributed by atoms with Gasteiger partial charge in [0.15, 0.2) is 11.2 Å². The largest absolute Gasteiger partial charge is 0.513 e. The molecule has 0 amide bonds. The number of hydrogen-bond donors (Lipinski definition) is 0. The second kappa shape index (κ2) is 5.99. The Balaban J connectivity index is 2.21. The summed E-state index contributed by atoms with van der Waals surface area (Å²) in [5.41, 5.74) is 0.835. The number of hydrogen-bond acceptors (Lipinski definition) is 5. The van der Waals surface area contributed by atoms with Crippen molar-refractivity contribution in [2.45, 2.75) is 0 Å². The van der Waals surface area contributed by atoms with Crippen LogP contribution in [0.2, 0.25) is 0 Å². The highest BCUT2D eigenvalue weighted by Crippen LogP contribution is 2.33. The molecule has 3 aromatic rings. The van der Waals surface area contributed by atoms with Crippen molar-refractivity contribution < 1.29 is 14.3 Å². The predicted octanol–water partition coefficient (Wildman–Crippen LogP) is 4.07. The van der Waals surface area contributed by atoms with E-state index in [1.165, 1.54) is 18.4 Å². The molecule has 4 nitrogen and oxygen atoms in total. The van der Waals surface area contributed by atoms with Gasteiger partial charge in [-0.2, -0.15) is 0 Å². The molecule has 0 fully saturated rings. The van der Waals surface area contributed by atoms with Crippen LogP contribution in [0.25, 0.3) is 20.5 Å². The number of fused-ring (bicyclic) bond motifs is 1. The van der Waals surface area contributed by atoms with Gasteiger partial charge in [0.25, 0.3) is 0 Å². The van der Waals surface area contributed by atoms with Gasteiger partial charge in [-0.25, -0.2) is 4.79 Å². The Hall–Kier alpha value is -2.66. The van der Waals surface area contributed by atoms with Crippen molar-refractivity contribution in [2.75, 3.05) is 7.11 Å². The minimum Gasteiger partial charge on any atom is -0.437 e. The Kier molecular flexibility index (Phi) is 3.89. The number of benzene rings is 2. The van der Waals surface area contributed by atoms with Crippen LogP contribution in [-0.2, 0) is 4.74 Å². The van der Waals surface area contributed by atoms with Gasteiger partial charge < -0.3 is 9.47 Å². The van der Waals surface area contributed by atoms with Crippen molar-refractivity contribution >= 4 is 27.6 Å². The summed E-state index contributed by atoms with van der Waals surface area (Å²) >= 11 is 1.40. The SMILES string of the molecule is COC(=O)Oc1cccc2c(=O)cc(-c3ccccc3)sc12. The molecule has 1 heterocycles. The summed E-state index contributed by atoms with van der Waals surface area (Å²) < 4.78 is 10.3. The van der Waals surface area contributed by atoms with Crippen LogP contribution in [0.15, 0.2) is 59.4 Å². The molecule has 1 aromatic heterocycles. The fourth-order valence-corrected chi connectivity index (χ4v) is 3.24. The molecule has 0 atom stereocenters. The lowest BCUT2D eigenvalue weighted by Gasteiger charge is -2.07. The Bertz CT molecular complexity index is 884. The van der Waals surface area contributed by atoms with Crippen LogP contribution >= 0.6 is 11.3 Å². The molecular weight excluding hydrogens is 300 g/mol. The second-order valence-corrected chi connectivity index (χ2v) is 5.58. The van der Waals surface area contributed by atoms with Crippen molar-refractivity contribution in [1.82, 2.24) is 0 Å². The summed E-state index contributed by atoms with van der Waals surface area (Å²) in [6, 6.07) is 16.2. The van der Waals surface area contributed by atoms with E-state index in [9.17, 15) is 9.59 Å². The lowest BCUT2D eigenvalue weighted by atomic mass is 10.1.